The van der Waals surface area contributed by atoms with Gasteiger partial charge in [-0.15, -0.1) is 0 Å². The number of hydrogen-bond donors (Lipinski definition) is 1. The highest BCUT2D eigenvalue weighted by atomic mass is 35.5. The molecule has 0 unspecified atom stereocenters. The minimum Gasteiger partial charge on any atom is -0.316 e. The fourth-order valence-corrected chi connectivity index (χ4v) is 4.41. The summed E-state index contributed by atoms with van der Waals surface area (Å²) in [5, 5.41) is 3.61. The van der Waals surface area contributed by atoms with E-state index in [0.29, 0.717) is 30.2 Å². The lowest BCUT2D eigenvalue weighted by molar-refractivity contribution is 0.419. The summed E-state index contributed by atoms with van der Waals surface area (Å²) in [4.78, 5) is 0.122. The van der Waals surface area contributed by atoms with E-state index < -0.39 is 10.0 Å². The Morgan fingerprint density at radius 3 is 2.43 bits per heavy atom. The second kappa shape index (κ2) is 8.34. The Kier molecular flexibility index (Phi) is 7.44. The first-order valence-electron chi connectivity index (χ1n) is 7.01. The fraction of sp³-hybridized carbons (Fsp3) is 0.571. The van der Waals surface area contributed by atoms with Crippen molar-refractivity contribution in [3.8, 4) is 0 Å². The predicted octanol–water partition coefficient (Wildman–Crippen LogP) is 3.52. The average Bonchev–Trinajstić information content (AvgIpc) is 2.43. The van der Waals surface area contributed by atoms with Gasteiger partial charge in [0.05, 0.1) is 5.02 Å². The molecule has 0 aromatic heterocycles. The van der Waals surface area contributed by atoms with E-state index in [9.17, 15) is 8.42 Å². The molecule has 1 aromatic carbocycles. The summed E-state index contributed by atoms with van der Waals surface area (Å²) in [5.74, 6) is 0. The van der Waals surface area contributed by atoms with Crippen LogP contribution in [-0.2, 0) is 16.6 Å². The second-order valence-corrected chi connectivity index (χ2v) is 7.41. The van der Waals surface area contributed by atoms with E-state index in [1.54, 1.807) is 13.1 Å². The van der Waals surface area contributed by atoms with Crippen molar-refractivity contribution in [3.05, 3.63) is 27.7 Å². The normalized spacial score (nSPS) is 12.1. The first-order valence-corrected chi connectivity index (χ1v) is 9.21. The number of nitrogens with zero attached hydrogens (tertiary/aromatic N) is 1. The van der Waals surface area contributed by atoms with Crippen molar-refractivity contribution in [2.24, 2.45) is 0 Å². The van der Waals surface area contributed by atoms with Gasteiger partial charge in [0.2, 0.25) is 10.0 Å². The van der Waals surface area contributed by atoms with Gasteiger partial charge in [0, 0.05) is 30.2 Å². The topological polar surface area (TPSA) is 49.4 Å². The van der Waals surface area contributed by atoms with Crippen LogP contribution in [0.2, 0.25) is 10.0 Å². The molecule has 0 atom stereocenters. The molecule has 0 aliphatic carbocycles. The van der Waals surface area contributed by atoms with Gasteiger partial charge < -0.3 is 5.32 Å². The molecule has 0 fully saturated rings. The Morgan fingerprint density at radius 1 is 1.24 bits per heavy atom. The highest BCUT2D eigenvalue weighted by Gasteiger charge is 2.27. The third kappa shape index (κ3) is 4.33. The molecule has 0 spiro atoms. The molecule has 1 rings (SSSR count). The number of hydrogen-bond acceptors (Lipinski definition) is 3. The molecule has 7 heteroatoms. The molecule has 0 saturated carbocycles. The number of benzene rings is 1. The standard InChI is InChI=1S/C14H22Cl2N2O2S/c1-4-6-9-18(5-2)21(19,20)13-8-7-12(15)11(10-17-3)14(13)16/h7-8,17H,4-6,9-10H2,1-3H3. The number of halogens is 2. The van der Waals surface area contributed by atoms with Crippen molar-refractivity contribution >= 4 is 33.2 Å². The molecule has 0 aliphatic rings. The van der Waals surface area contributed by atoms with Crippen LogP contribution in [-0.4, -0.2) is 32.9 Å². The lowest BCUT2D eigenvalue weighted by Gasteiger charge is -2.22. The number of rotatable bonds is 8. The summed E-state index contributed by atoms with van der Waals surface area (Å²) in [6, 6.07) is 3.06. The minimum absolute atomic E-state index is 0.122. The van der Waals surface area contributed by atoms with Crippen molar-refractivity contribution in [1.29, 1.82) is 0 Å². The molecule has 0 amide bonds. The lowest BCUT2D eigenvalue weighted by Crippen LogP contribution is -2.32. The molecule has 0 bridgehead atoms. The molecule has 0 aliphatic heterocycles. The molecule has 0 heterocycles. The van der Waals surface area contributed by atoms with E-state index in [1.807, 2.05) is 13.8 Å². The van der Waals surface area contributed by atoms with E-state index in [4.69, 9.17) is 23.2 Å². The molecule has 4 nitrogen and oxygen atoms in total. The minimum atomic E-state index is -3.60. The molecule has 120 valence electrons. The number of unbranched alkanes of at least 4 members (excludes halogenated alkanes) is 1. The summed E-state index contributed by atoms with van der Waals surface area (Å²) >= 11 is 12.4. The van der Waals surface area contributed by atoms with Crippen molar-refractivity contribution in [2.45, 2.75) is 38.1 Å². The van der Waals surface area contributed by atoms with Crippen molar-refractivity contribution < 1.29 is 8.42 Å². The van der Waals surface area contributed by atoms with Gasteiger partial charge in [-0.1, -0.05) is 43.5 Å². The van der Waals surface area contributed by atoms with E-state index in [2.05, 4.69) is 5.32 Å². The van der Waals surface area contributed by atoms with Crippen LogP contribution >= 0.6 is 23.2 Å². The summed E-state index contributed by atoms with van der Waals surface area (Å²) in [6.45, 7) is 5.19. The van der Waals surface area contributed by atoms with Gasteiger partial charge >= 0.3 is 0 Å². The third-order valence-electron chi connectivity index (χ3n) is 3.24. The van der Waals surface area contributed by atoms with Crippen LogP contribution in [0.25, 0.3) is 0 Å². The first kappa shape index (κ1) is 18.7. The average molecular weight is 353 g/mol. The molecule has 1 aromatic rings. The van der Waals surface area contributed by atoms with Crippen LogP contribution in [0.3, 0.4) is 0 Å². The summed E-state index contributed by atoms with van der Waals surface area (Å²) in [7, 11) is -1.84. The summed E-state index contributed by atoms with van der Waals surface area (Å²) in [5.41, 5.74) is 0.605. The molecule has 0 saturated heterocycles. The first-order chi connectivity index (χ1) is 9.89. The number of sulfonamides is 1. The zero-order valence-corrected chi connectivity index (χ0v) is 14.9. The summed E-state index contributed by atoms with van der Waals surface area (Å²) in [6.07, 6.45) is 1.76. The predicted molar refractivity (Wildman–Crippen MR) is 88.6 cm³/mol. The van der Waals surface area contributed by atoms with E-state index in [1.165, 1.54) is 10.4 Å². The largest absolute Gasteiger partial charge is 0.316 e. The summed E-state index contributed by atoms with van der Waals surface area (Å²) < 4.78 is 26.9. The van der Waals surface area contributed by atoms with Gasteiger partial charge in [0.25, 0.3) is 0 Å². The van der Waals surface area contributed by atoms with Crippen LogP contribution < -0.4 is 5.32 Å². The molecular formula is C14H22Cl2N2O2S. The fourth-order valence-electron chi connectivity index (χ4n) is 2.04. The van der Waals surface area contributed by atoms with E-state index in [0.717, 1.165) is 12.8 Å². The van der Waals surface area contributed by atoms with Crippen LogP contribution in [0.15, 0.2) is 17.0 Å². The van der Waals surface area contributed by atoms with Gasteiger partial charge in [-0.05, 0) is 25.6 Å². The zero-order valence-electron chi connectivity index (χ0n) is 12.6. The Balaban J connectivity index is 3.27. The maximum Gasteiger partial charge on any atom is 0.244 e. The highest BCUT2D eigenvalue weighted by molar-refractivity contribution is 7.89. The van der Waals surface area contributed by atoms with E-state index in [-0.39, 0.29) is 9.92 Å². The number of nitrogens with one attached hydrogen (secondary N) is 1. The third-order valence-corrected chi connectivity index (χ3v) is 6.15. The van der Waals surface area contributed by atoms with Crippen molar-refractivity contribution in [1.82, 2.24) is 9.62 Å². The Hall–Kier alpha value is -0.330. The maximum atomic E-state index is 12.7. The molecular weight excluding hydrogens is 331 g/mol. The van der Waals surface area contributed by atoms with Crippen molar-refractivity contribution in [2.75, 3.05) is 20.1 Å². The van der Waals surface area contributed by atoms with Crippen molar-refractivity contribution in [3.63, 3.8) is 0 Å². The van der Waals surface area contributed by atoms with Crippen LogP contribution in [0.5, 0.6) is 0 Å². The highest BCUT2D eigenvalue weighted by Crippen LogP contribution is 2.32. The molecule has 0 radical (unpaired) electrons. The smallest absolute Gasteiger partial charge is 0.244 e. The molecule has 1 N–H and O–H groups in total. The SMILES string of the molecule is CCCCN(CC)S(=O)(=O)c1ccc(Cl)c(CNC)c1Cl. The van der Waals surface area contributed by atoms with Crippen LogP contribution in [0.4, 0.5) is 0 Å². The van der Waals surface area contributed by atoms with Gasteiger partial charge in [0.1, 0.15) is 4.90 Å². The Labute approximate surface area is 137 Å². The zero-order chi connectivity index (χ0) is 16.0. The van der Waals surface area contributed by atoms with Crippen LogP contribution in [0.1, 0.15) is 32.3 Å². The van der Waals surface area contributed by atoms with E-state index >= 15 is 0 Å². The monoisotopic (exact) mass is 352 g/mol. The second-order valence-electron chi connectivity index (χ2n) is 4.72. The Bertz CT molecular complexity index is 577. The van der Waals surface area contributed by atoms with Crippen LogP contribution in [0, 0.1) is 0 Å². The Morgan fingerprint density at radius 2 is 1.90 bits per heavy atom. The van der Waals surface area contributed by atoms with Gasteiger partial charge in [-0.2, -0.15) is 4.31 Å². The van der Waals surface area contributed by atoms with Gasteiger partial charge in [-0.3, -0.25) is 0 Å². The quantitative estimate of drug-likeness (QED) is 0.778. The van der Waals surface area contributed by atoms with Gasteiger partial charge in [0.15, 0.2) is 0 Å². The lowest BCUT2D eigenvalue weighted by atomic mass is 10.2. The maximum absolute atomic E-state index is 12.7. The molecule has 21 heavy (non-hydrogen) atoms. The van der Waals surface area contributed by atoms with Gasteiger partial charge in [-0.25, -0.2) is 8.42 Å².